The van der Waals surface area contributed by atoms with E-state index in [1.807, 2.05) is 7.05 Å². The number of halogens is 1. The standard InChI is InChI=1S/C15H28N2O.ClH/c1-12-11-13(9-10-16-12)15(18)17(2)14-7-5-3-4-6-8-14;/h12-14,16H,3-11H2,1-2H3;1H/t12-,13-;/m0./s1. The highest BCUT2D eigenvalue weighted by molar-refractivity contribution is 5.85. The van der Waals surface area contributed by atoms with Gasteiger partial charge in [-0.25, -0.2) is 0 Å². The van der Waals surface area contributed by atoms with Gasteiger partial charge in [-0.2, -0.15) is 0 Å². The highest BCUT2D eigenvalue weighted by Gasteiger charge is 2.30. The molecule has 1 saturated heterocycles. The molecular weight excluding hydrogens is 260 g/mol. The van der Waals surface area contributed by atoms with Crippen molar-refractivity contribution in [3.63, 3.8) is 0 Å². The normalized spacial score (nSPS) is 29.2. The van der Waals surface area contributed by atoms with Gasteiger partial charge in [-0.1, -0.05) is 25.7 Å². The largest absolute Gasteiger partial charge is 0.343 e. The van der Waals surface area contributed by atoms with Crippen LogP contribution in [0, 0.1) is 5.92 Å². The van der Waals surface area contributed by atoms with Crippen molar-refractivity contribution in [2.45, 2.75) is 70.4 Å². The van der Waals surface area contributed by atoms with E-state index in [1.54, 1.807) is 0 Å². The minimum absolute atomic E-state index is 0. The second-order valence-electron chi connectivity index (χ2n) is 6.17. The molecule has 2 fully saturated rings. The smallest absolute Gasteiger partial charge is 0.225 e. The molecule has 19 heavy (non-hydrogen) atoms. The van der Waals surface area contributed by atoms with Crippen molar-refractivity contribution in [1.29, 1.82) is 0 Å². The van der Waals surface area contributed by atoms with Crippen molar-refractivity contribution in [3.8, 4) is 0 Å². The first kappa shape index (κ1) is 16.8. The van der Waals surface area contributed by atoms with Crippen molar-refractivity contribution in [1.82, 2.24) is 10.2 Å². The average molecular weight is 289 g/mol. The first-order valence-electron chi connectivity index (χ1n) is 7.68. The Balaban J connectivity index is 0.00000180. The fraction of sp³-hybridized carbons (Fsp3) is 0.933. The average Bonchev–Trinajstić information content (AvgIpc) is 2.66. The molecule has 1 amide bonds. The van der Waals surface area contributed by atoms with Gasteiger partial charge in [0.25, 0.3) is 0 Å². The number of carbonyl (C=O) groups is 1. The number of rotatable bonds is 2. The van der Waals surface area contributed by atoms with Gasteiger partial charge >= 0.3 is 0 Å². The van der Waals surface area contributed by atoms with Crippen LogP contribution in [0.25, 0.3) is 0 Å². The summed E-state index contributed by atoms with van der Waals surface area (Å²) in [7, 11) is 2.03. The van der Waals surface area contributed by atoms with Crippen molar-refractivity contribution >= 4 is 18.3 Å². The number of hydrogen-bond acceptors (Lipinski definition) is 2. The van der Waals surface area contributed by atoms with Gasteiger partial charge in [0.2, 0.25) is 5.91 Å². The quantitative estimate of drug-likeness (QED) is 0.792. The van der Waals surface area contributed by atoms with E-state index in [0.717, 1.165) is 19.4 Å². The number of nitrogens with zero attached hydrogens (tertiary/aromatic N) is 1. The van der Waals surface area contributed by atoms with Crippen LogP contribution >= 0.6 is 12.4 Å². The first-order chi connectivity index (χ1) is 8.68. The molecule has 112 valence electrons. The summed E-state index contributed by atoms with van der Waals surface area (Å²) in [6, 6.07) is 1.00. The Morgan fingerprint density at radius 2 is 1.74 bits per heavy atom. The van der Waals surface area contributed by atoms with Gasteiger partial charge in [0, 0.05) is 25.0 Å². The fourth-order valence-electron chi connectivity index (χ4n) is 3.47. The maximum absolute atomic E-state index is 12.6. The van der Waals surface area contributed by atoms with E-state index in [2.05, 4.69) is 17.1 Å². The van der Waals surface area contributed by atoms with E-state index in [9.17, 15) is 4.79 Å². The monoisotopic (exact) mass is 288 g/mol. The molecule has 1 aliphatic carbocycles. The van der Waals surface area contributed by atoms with Crippen molar-refractivity contribution < 1.29 is 4.79 Å². The lowest BCUT2D eigenvalue weighted by Gasteiger charge is -2.34. The van der Waals surface area contributed by atoms with Crippen LogP contribution in [0.3, 0.4) is 0 Å². The molecule has 1 aliphatic heterocycles. The van der Waals surface area contributed by atoms with Crippen LogP contribution in [0.2, 0.25) is 0 Å². The number of carbonyl (C=O) groups excluding carboxylic acids is 1. The zero-order valence-corrected chi connectivity index (χ0v) is 13.2. The molecule has 2 aliphatic rings. The topological polar surface area (TPSA) is 32.3 Å². The van der Waals surface area contributed by atoms with Crippen LogP contribution in [-0.2, 0) is 4.79 Å². The van der Waals surface area contributed by atoms with E-state index in [0.29, 0.717) is 18.0 Å². The van der Waals surface area contributed by atoms with E-state index < -0.39 is 0 Å². The van der Waals surface area contributed by atoms with E-state index in [-0.39, 0.29) is 18.3 Å². The summed E-state index contributed by atoms with van der Waals surface area (Å²) in [5.74, 6) is 0.657. The molecule has 0 spiro atoms. The molecule has 0 aromatic heterocycles. The van der Waals surface area contributed by atoms with Crippen LogP contribution < -0.4 is 5.32 Å². The summed E-state index contributed by atoms with van der Waals surface area (Å²) in [5, 5.41) is 3.42. The van der Waals surface area contributed by atoms with Gasteiger partial charge in [-0.3, -0.25) is 4.79 Å². The maximum atomic E-state index is 12.6. The Labute approximate surface area is 123 Å². The highest BCUT2D eigenvalue weighted by Crippen LogP contribution is 2.25. The van der Waals surface area contributed by atoms with Crippen LogP contribution in [0.4, 0.5) is 0 Å². The van der Waals surface area contributed by atoms with Crippen molar-refractivity contribution in [2.75, 3.05) is 13.6 Å². The van der Waals surface area contributed by atoms with Crippen LogP contribution in [-0.4, -0.2) is 36.5 Å². The van der Waals surface area contributed by atoms with Gasteiger partial charge < -0.3 is 10.2 Å². The number of piperidine rings is 1. The Morgan fingerprint density at radius 3 is 2.32 bits per heavy atom. The lowest BCUT2D eigenvalue weighted by Crippen LogP contribution is -2.46. The minimum atomic E-state index is 0. The summed E-state index contributed by atoms with van der Waals surface area (Å²) in [4.78, 5) is 14.6. The predicted molar refractivity (Wildman–Crippen MR) is 81.7 cm³/mol. The van der Waals surface area contributed by atoms with Gasteiger partial charge in [-0.15, -0.1) is 12.4 Å². The van der Waals surface area contributed by atoms with Gasteiger partial charge in [0.15, 0.2) is 0 Å². The fourth-order valence-corrected chi connectivity index (χ4v) is 3.47. The Bertz CT molecular complexity index is 277. The number of nitrogens with one attached hydrogen (secondary N) is 1. The molecular formula is C15H29ClN2O. The molecule has 0 aromatic carbocycles. The van der Waals surface area contributed by atoms with Gasteiger partial charge in [0.05, 0.1) is 0 Å². The molecule has 3 nitrogen and oxygen atoms in total. The summed E-state index contributed by atoms with van der Waals surface area (Å²) in [6.45, 7) is 3.18. The lowest BCUT2D eigenvalue weighted by atomic mass is 9.91. The molecule has 0 bridgehead atoms. The second kappa shape index (κ2) is 8.11. The molecule has 0 unspecified atom stereocenters. The van der Waals surface area contributed by atoms with Crippen LogP contribution in [0.15, 0.2) is 0 Å². The second-order valence-corrected chi connectivity index (χ2v) is 6.17. The Hall–Kier alpha value is -0.280. The molecule has 0 radical (unpaired) electrons. The third kappa shape index (κ3) is 4.64. The van der Waals surface area contributed by atoms with Gasteiger partial charge in [0.1, 0.15) is 0 Å². The van der Waals surface area contributed by atoms with Crippen molar-refractivity contribution in [2.24, 2.45) is 5.92 Å². The van der Waals surface area contributed by atoms with Crippen LogP contribution in [0.5, 0.6) is 0 Å². The molecule has 1 N–H and O–H groups in total. The zero-order chi connectivity index (χ0) is 13.0. The van der Waals surface area contributed by atoms with Crippen molar-refractivity contribution in [3.05, 3.63) is 0 Å². The van der Waals surface area contributed by atoms with Gasteiger partial charge in [-0.05, 0) is 39.2 Å². The van der Waals surface area contributed by atoms with E-state index in [4.69, 9.17) is 0 Å². The summed E-state index contributed by atoms with van der Waals surface area (Å²) >= 11 is 0. The summed E-state index contributed by atoms with van der Waals surface area (Å²) in [5.41, 5.74) is 0. The maximum Gasteiger partial charge on any atom is 0.225 e. The third-order valence-corrected chi connectivity index (χ3v) is 4.69. The number of amides is 1. The predicted octanol–water partition coefficient (Wildman–Crippen LogP) is 2.98. The van der Waals surface area contributed by atoms with Crippen LogP contribution in [0.1, 0.15) is 58.3 Å². The van der Waals surface area contributed by atoms with E-state index in [1.165, 1.54) is 38.5 Å². The lowest BCUT2D eigenvalue weighted by molar-refractivity contribution is -0.137. The Morgan fingerprint density at radius 1 is 1.11 bits per heavy atom. The molecule has 1 saturated carbocycles. The summed E-state index contributed by atoms with van der Waals surface area (Å²) < 4.78 is 0. The minimum Gasteiger partial charge on any atom is -0.343 e. The molecule has 0 aromatic rings. The number of hydrogen-bond donors (Lipinski definition) is 1. The SMILES string of the molecule is C[C@H]1C[C@@H](C(=O)N(C)C2CCCCCC2)CCN1.Cl. The zero-order valence-electron chi connectivity index (χ0n) is 12.4. The molecule has 1 heterocycles. The molecule has 2 rings (SSSR count). The molecule has 4 heteroatoms. The third-order valence-electron chi connectivity index (χ3n) is 4.69. The highest BCUT2D eigenvalue weighted by atomic mass is 35.5. The van der Waals surface area contributed by atoms with E-state index >= 15 is 0 Å². The Kier molecular flexibility index (Phi) is 7.16. The summed E-state index contributed by atoms with van der Waals surface area (Å²) in [6.07, 6.45) is 9.74. The molecule has 2 atom stereocenters. The first-order valence-corrected chi connectivity index (χ1v) is 7.68.